The van der Waals surface area contributed by atoms with Gasteiger partial charge in [0.25, 0.3) is 0 Å². The summed E-state index contributed by atoms with van der Waals surface area (Å²) in [6, 6.07) is 7.44. The molecule has 18 heavy (non-hydrogen) atoms. The Balaban J connectivity index is 2.17. The first-order valence-corrected chi connectivity index (χ1v) is 6.55. The third-order valence-corrected chi connectivity index (χ3v) is 4.08. The normalized spacial score (nSPS) is 24.8. The summed E-state index contributed by atoms with van der Waals surface area (Å²) >= 11 is 0. The highest BCUT2D eigenvalue weighted by molar-refractivity contribution is 5.34. The molecule has 0 aromatic heterocycles. The van der Waals surface area contributed by atoms with E-state index in [0.717, 1.165) is 6.54 Å². The van der Waals surface area contributed by atoms with E-state index in [2.05, 4.69) is 18.7 Å². The fourth-order valence-corrected chi connectivity index (χ4v) is 2.65. The van der Waals surface area contributed by atoms with Crippen LogP contribution in [0.1, 0.15) is 37.8 Å². The molecular formula is C15H19FN2. The number of hydrogen-bond acceptors (Lipinski definition) is 2. The fourth-order valence-electron chi connectivity index (χ4n) is 2.65. The molecule has 0 spiro atoms. The number of rotatable bonds is 2. The van der Waals surface area contributed by atoms with Crippen LogP contribution in [0.2, 0.25) is 0 Å². The zero-order valence-corrected chi connectivity index (χ0v) is 11.0. The Labute approximate surface area is 108 Å². The van der Waals surface area contributed by atoms with Crippen molar-refractivity contribution >= 4 is 0 Å². The van der Waals surface area contributed by atoms with E-state index in [1.54, 1.807) is 12.1 Å². The van der Waals surface area contributed by atoms with Crippen molar-refractivity contribution in [2.75, 3.05) is 6.54 Å². The third kappa shape index (κ3) is 2.54. The SMILES string of the molecule is CC1CCCN(Cc2cccc(C#N)c2F)C1C. The number of hydrogen-bond donors (Lipinski definition) is 0. The maximum Gasteiger partial charge on any atom is 0.145 e. The molecule has 0 radical (unpaired) electrons. The van der Waals surface area contributed by atoms with Gasteiger partial charge in [-0.15, -0.1) is 0 Å². The summed E-state index contributed by atoms with van der Waals surface area (Å²) in [4.78, 5) is 2.31. The second-order valence-electron chi connectivity index (χ2n) is 5.22. The Kier molecular flexibility index (Phi) is 3.98. The van der Waals surface area contributed by atoms with Crippen molar-refractivity contribution in [3.05, 3.63) is 35.1 Å². The van der Waals surface area contributed by atoms with Crippen molar-refractivity contribution in [2.24, 2.45) is 5.92 Å². The lowest BCUT2D eigenvalue weighted by Crippen LogP contribution is -2.41. The summed E-state index contributed by atoms with van der Waals surface area (Å²) in [5.74, 6) is 0.298. The van der Waals surface area contributed by atoms with Crippen molar-refractivity contribution in [1.29, 1.82) is 5.26 Å². The van der Waals surface area contributed by atoms with Crippen LogP contribution in [-0.4, -0.2) is 17.5 Å². The number of likely N-dealkylation sites (tertiary alicyclic amines) is 1. The molecule has 2 nitrogen and oxygen atoms in total. The van der Waals surface area contributed by atoms with Crippen LogP contribution in [-0.2, 0) is 6.54 Å². The topological polar surface area (TPSA) is 27.0 Å². The zero-order chi connectivity index (χ0) is 13.1. The lowest BCUT2D eigenvalue weighted by atomic mass is 9.91. The number of halogens is 1. The molecule has 3 heteroatoms. The number of piperidine rings is 1. The summed E-state index contributed by atoms with van der Waals surface area (Å²) in [5, 5.41) is 8.84. The van der Waals surface area contributed by atoms with E-state index in [1.165, 1.54) is 18.9 Å². The van der Waals surface area contributed by atoms with E-state index in [0.29, 0.717) is 24.1 Å². The Morgan fingerprint density at radius 1 is 1.44 bits per heavy atom. The monoisotopic (exact) mass is 246 g/mol. The van der Waals surface area contributed by atoms with Crippen molar-refractivity contribution in [3.8, 4) is 6.07 Å². The maximum absolute atomic E-state index is 14.0. The highest BCUT2D eigenvalue weighted by Gasteiger charge is 2.25. The quantitative estimate of drug-likeness (QED) is 0.800. The molecule has 1 heterocycles. The van der Waals surface area contributed by atoms with Crippen LogP contribution >= 0.6 is 0 Å². The van der Waals surface area contributed by atoms with E-state index in [9.17, 15) is 4.39 Å². The first-order valence-electron chi connectivity index (χ1n) is 6.55. The summed E-state index contributed by atoms with van der Waals surface area (Å²) in [5.41, 5.74) is 0.778. The van der Waals surface area contributed by atoms with Crippen LogP contribution in [0, 0.1) is 23.1 Å². The van der Waals surface area contributed by atoms with Crippen molar-refractivity contribution in [2.45, 2.75) is 39.3 Å². The number of nitrogens with zero attached hydrogens (tertiary/aromatic N) is 2. The number of benzene rings is 1. The van der Waals surface area contributed by atoms with E-state index in [4.69, 9.17) is 5.26 Å². The Morgan fingerprint density at radius 3 is 2.94 bits per heavy atom. The van der Waals surface area contributed by atoms with Gasteiger partial charge in [0, 0.05) is 18.2 Å². The van der Waals surface area contributed by atoms with Crippen LogP contribution in [0.15, 0.2) is 18.2 Å². The van der Waals surface area contributed by atoms with E-state index >= 15 is 0 Å². The van der Waals surface area contributed by atoms with E-state index in [1.807, 2.05) is 6.07 Å². The van der Waals surface area contributed by atoms with E-state index < -0.39 is 0 Å². The molecule has 1 aliphatic heterocycles. The van der Waals surface area contributed by atoms with Crippen LogP contribution in [0.25, 0.3) is 0 Å². The summed E-state index contributed by atoms with van der Waals surface area (Å²) in [7, 11) is 0. The summed E-state index contributed by atoms with van der Waals surface area (Å²) in [6.45, 7) is 6.07. The lowest BCUT2D eigenvalue weighted by molar-refractivity contribution is 0.105. The molecule has 0 bridgehead atoms. The minimum atomic E-state index is -0.356. The van der Waals surface area contributed by atoms with E-state index in [-0.39, 0.29) is 11.4 Å². The molecule has 1 aromatic rings. The highest BCUT2D eigenvalue weighted by Crippen LogP contribution is 2.25. The standard InChI is InChI=1S/C15H19FN2/c1-11-5-4-8-18(12(11)2)10-14-7-3-6-13(9-17)15(14)16/h3,6-7,11-12H,4-5,8,10H2,1-2H3. The average molecular weight is 246 g/mol. The van der Waals surface area contributed by atoms with Gasteiger partial charge in [-0.05, 0) is 38.3 Å². The van der Waals surface area contributed by atoms with Gasteiger partial charge in [-0.25, -0.2) is 4.39 Å². The molecule has 1 saturated heterocycles. The van der Waals surface area contributed by atoms with Gasteiger partial charge in [-0.3, -0.25) is 4.90 Å². The van der Waals surface area contributed by atoms with Gasteiger partial charge in [0.05, 0.1) is 5.56 Å². The van der Waals surface area contributed by atoms with Gasteiger partial charge in [0.2, 0.25) is 0 Å². The molecule has 96 valence electrons. The lowest BCUT2D eigenvalue weighted by Gasteiger charge is -2.38. The third-order valence-electron chi connectivity index (χ3n) is 4.08. The van der Waals surface area contributed by atoms with Crippen molar-refractivity contribution in [1.82, 2.24) is 4.90 Å². The Hall–Kier alpha value is -1.40. The second kappa shape index (κ2) is 5.49. The van der Waals surface area contributed by atoms with Crippen LogP contribution in [0.4, 0.5) is 4.39 Å². The van der Waals surface area contributed by atoms with Crippen LogP contribution in [0.5, 0.6) is 0 Å². The summed E-state index contributed by atoms with van der Waals surface area (Å²) in [6.07, 6.45) is 2.42. The predicted octanol–water partition coefficient (Wildman–Crippen LogP) is 3.32. The maximum atomic E-state index is 14.0. The Morgan fingerprint density at radius 2 is 2.22 bits per heavy atom. The predicted molar refractivity (Wildman–Crippen MR) is 69.4 cm³/mol. The highest BCUT2D eigenvalue weighted by atomic mass is 19.1. The van der Waals surface area contributed by atoms with Gasteiger partial charge in [0.15, 0.2) is 0 Å². The molecule has 2 atom stereocenters. The molecule has 1 aromatic carbocycles. The zero-order valence-electron chi connectivity index (χ0n) is 11.0. The van der Waals surface area contributed by atoms with Crippen LogP contribution < -0.4 is 0 Å². The number of nitriles is 1. The minimum Gasteiger partial charge on any atom is -0.296 e. The van der Waals surface area contributed by atoms with Gasteiger partial charge < -0.3 is 0 Å². The largest absolute Gasteiger partial charge is 0.296 e. The minimum absolute atomic E-state index is 0.144. The fraction of sp³-hybridized carbons (Fsp3) is 0.533. The molecule has 0 amide bonds. The second-order valence-corrected chi connectivity index (χ2v) is 5.22. The molecule has 0 saturated carbocycles. The molecule has 0 aliphatic carbocycles. The van der Waals surface area contributed by atoms with Crippen molar-refractivity contribution < 1.29 is 4.39 Å². The average Bonchev–Trinajstić information content (AvgIpc) is 2.37. The first-order chi connectivity index (χ1) is 8.63. The molecule has 2 rings (SSSR count). The van der Waals surface area contributed by atoms with Gasteiger partial charge in [-0.1, -0.05) is 19.1 Å². The molecule has 0 N–H and O–H groups in total. The summed E-state index contributed by atoms with van der Waals surface area (Å²) < 4.78 is 14.0. The molecule has 1 fully saturated rings. The van der Waals surface area contributed by atoms with Gasteiger partial charge in [-0.2, -0.15) is 5.26 Å². The van der Waals surface area contributed by atoms with Gasteiger partial charge >= 0.3 is 0 Å². The van der Waals surface area contributed by atoms with Crippen molar-refractivity contribution in [3.63, 3.8) is 0 Å². The first kappa shape index (κ1) is 13.0. The van der Waals surface area contributed by atoms with Gasteiger partial charge in [0.1, 0.15) is 11.9 Å². The van der Waals surface area contributed by atoms with Crippen LogP contribution in [0.3, 0.4) is 0 Å². The smallest absolute Gasteiger partial charge is 0.145 e. The molecular weight excluding hydrogens is 227 g/mol. The molecule has 1 aliphatic rings. The Bertz CT molecular complexity index is 464. The molecule has 2 unspecified atom stereocenters.